The van der Waals surface area contributed by atoms with Crippen LogP contribution < -0.4 is 26.1 Å². The minimum Gasteiger partial charge on any atom is -0.576 e. The first-order chi connectivity index (χ1) is 72.4. The van der Waals surface area contributed by atoms with Crippen LogP contribution in [-0.2, 0) is 17.6 Å². The van der Waals surface area contributed by atoms with Crippen LogP contribution in [0.25, 0.3) is 142 Å². The van der Waals surface area contributed by atoms with Gasteiger partial charge < -0.3 is 30.8 Å². The molecule has 3 aromatic heterocycles. The number of nitriles is 1. The zero-order valence-corrected chi connectivity index (χ0v) is 83.6. The van der Waals surface area contributed by atoms with Crippen LogP contribution in [0.2, 0.25) is 0 Å². The zero-order valence-electron chi connectivity index (χ0n) is 82.4. The van der Waals surface area contributed by atoms with Gasteiger partial charge in [-0.1, -0.05) is 350 Å². The first kappa shape index (κ1) is 93.7. The largest absolute Gasteiger partial charge is 1.20 e. The Labute approximate surface area is 862 Å². The molecule has 147 heavy (non-hydrogen) atoms. The second-order valence-corrected chi connectivity index (χ2v) is 38.7. The lowest BCUT2D eigenvalue weighted by molar-refractivity contribution is 0.311. The summed E-state index contributed by atoms with van der Waals surface area (Å²) in [5.41, 5.74) is 30.4. The van der Waals surface area contributed by atoms with Crippen molar-refractivity contribution in [3.63, 3.8) is 0 Å². The van der Waals surface area contributed by atoms with Crippen molar-refractivity contribution in [3.8, 4) is 67.8 Å². The van der Waals surface area contributed by atoms with Crippen LogP contribution in [0.15, 0.2) is 478 Å². The molecule has 0 amide bonds. The van der Waals surface area contributed by atoms with Gasteiger partial charge in [-0.15, -0.1) is 0 Å². The molecule has 0 saturated heterocycles. The highest BCUT2D eigenvalue weighted by molar-refractivity contribution is 6.40. The zero-order chi connectivity index (χ0) is 99.6. The number of ether oxygens (including phenoxy) is 1. The Bertz CT molecular complexity index is 8060. The van der Waals surface area contributed by atoms with E-state index in [0.29, 0.717) is 34.3 Å². The van der Waals surface area contributed by atoms with E-state index in [2.05, 4.69) is 396 Å². The van der Waals surface area contributed by atoms with Crippen molar-refractivity contribution in [2.45, 2.75) is 60.3 Å². The summed E-state index contributed by atoms with van der Waals surface area (Å²) >= 11 is -2.86. The van der Waals surface area contributed by atoms with Crippen LogP contribution in [0.1, 0.15) is 58.7 Å². The first-order valence-corrected chi connectivity index (χ1v) is 51.5. The Hall–Kier alpha value is -18.2. The lowest BCUT2D eigenvalue weighted by Crippen LogP contribution is -2.37. The number of aryl methyl sites for hydroxylation is 6. The average Bonchev–Trinajstić information content (AvgIpc) is 0.695. The molecule has 22 aromatic rings. The van der Waals surface area contributed by atoms with Crippen molar-refractivity contribution in [3.05, 3.63) is 529 Å². The van der Waals surface area contributed by atoms with Crippen molar-refractivity contribution in [1.29, 1.82) is 5.26 Å². The number of hydrogen-bond donors (Lipinski definition) is 0. The van der Waals surface area contributed by atoms with Crippen LogP contribution in [0.3, 0.4) is 0 Å². The summed E-state index contributed by atoms with van der Waals surface area (Å²) in [4.78, 5) is 24.2. The molecular weight excluding hydrogens is 1810 g/mol. The normalized spacial score (nSPS) is 12.8. The minimum atomic E-state index is -2.86. The number of hydrogen-bond acceptors (Lipinski definition) is 11. The molecule has 0 unspecified atom stereocenters. The Kier molecular flexibility index (Phi) is 27.1. The highest BCUT2D eigenvalue weighted by atomic mass is 27.3. The molecule has 13 heteroatoms. The molecule has 19 aromatic carbocycles. The third-order valence-corrected chi connectivity index (χ3v) is 28.9. The van der Waals surface area contributed by atoms with Gasteiger partial charge in [0.2, 0.25) is 0 Å². The van der Waals surface area contributed by atoms with Gasteiger partial charge in [-0.25, -0.2) is 10.1 Å². The maximum absolute atomic E-state index is 9.11. The number of anilines is 7. The summed E-state index contributed by atoms with van der Waals surface area (Å²) in [6, 6.07) is 151. The maximum atomic E-state index is 9.11. The van der Waals surface area contributed by atoms with E-state index in [1.165, 1.54) is 180 Å². The number of rotatable bonds is 18. The molecule has 0 aliphatic carbocycles. The monoisotopic (exact) mass is 1910 g/mol. The average molecular weight is 1920 g/mol. The van der Waals surface area contributed by atoms with Crippen LogP contribution in [0.5, 0.6) is 17.2 Å². The predicted molar refractivity (Wildman–Crippen MR) is 610 cm³/mol. The molecule has 0 bridgehead atoms. The topological polar surface area (TPSA) is 113 Å². The van der Waals surface area contributed by atoms with E-state index in [1.54, 1.807) is 30.7 Å². The van der Waals surface area contributed by atoms with Crippen LogP contribution in [0, 0.1) is 45.6 Å². The fourth-order valence-corrected chi connectivity index (χ4v) is 22.3. The summed E-state index contributed by atoms with van der Waals surface area (Å²) in [7, 11) is 0. The molecule has 0 radical (unpaired) electrons. The van der Waals surface area contributed by atoms with E-state index in [1.807, 2.05) is 110 Å². The highest BCUT2D eigenvalue weighted by Crippen LogP contribution is 2.56. The van der Waals surface area contributed by atoms with Gasteiger partial charge in [0, 0.05) is 97.8 Å². The lowest BCUT2D eigenvalue weighted by atomic mass is 9.77. The van der Waals surface area contributed by atoms with Crippen molar-refractivity contribution in [2.24, 2.45) is 0 Å². The SMILES string of the molecule is Cc1ccc(N(c2ccc(C)cc2)c2c3ccccc3c(N(c3ccc(C)cc3)c3ccc(C)cc3)c3ccccc23)cc1.[C-]#[N+]/C(C#N)=C1/C=C(C)OC(/C=C/c2cc3c4c(c2)CCCN4CCC3)=C1.c1ccc(-c2c3ccccc3c(-c3ccccc3)c3c(-c4ccccc4)c4ccccc4c(-c4ccccc4)c23)cc1.c1cnc2c([O][Al]([O]c3cccc4cccnc34)[O]c3cccc4cccnc34)cccc2c1. The summed E-state index contributed by atoms with van der Waals surface area (Å²) < 4.78 is 25.0. The van der Waals surface area contributed by atoms with Gasteiger partial charge in [0.15, 0.2) is 0 Å². The molecule has 6 heterocycles. The standard InChI is InChI=1S/C42H36N2.C42H28.C23H21N3O.3C9H7NO.Al/c1-29-13-21-33(22-14-29)43(34-23-15-30(2)16-24-34)41-37-9-5-7-11-39(37)42(40-12-8-6-10-38(40)41)44(35-25-17-31(3)18-26-35)36-27-19-32(4)20-28-36;1-5-17-29(18-6-1)37-33-25-13-14-26-34(33)39(31-21-9-3-10-22-31)42-40(32-23-11-4-12-24-32)36-28-16-15-27-35(36)38(41(37)42)30-19-7-2-8-20-30;1-16-11-20(22(15-24)25-2)14-21(27-16)8-7-17-12-18-5-3-9-26-10-4-6-19(13-17)23(18)26;3*11-8-5-1-3-7-4-2-6-10-9(7)8;/h5-28H,1-4H3;1-28H;7-8,11-14H,3-6,9-10H2,1H3;3*1-6,11H;/q;;;;;;+3/p-3/b;;8-7+,22-20-;;;;. The van der Waals surface area contributed by atoms with E-state index in [9.17, 15) is 0 Å². The smallest absolute Gasteiger partial charge is 0.576 e. The molecule has 3 aliphatic rings. The van der Waals surface area contributed by atoms with E-state index >= 15 is 0 Å². The van der Waals surface area contributed by atoms with Gasteiger partial charge in [-0.3, -0.25) is 15.0 Å². The molecule has 0 N–H and O–H groups in total. The van der Waals surface area contributed by atoms with Crippen molar-refractivity contribution < 1.29 is 16.1 Å². The molecule has 0 atom stereocenters. The van der Waals surface area contributed by atoms with Gasteiger partial charge in [0.05, 0.1) is 24.0 Å². The highest BCUT2D eigenvalue weighted by Gasteiger charge is 2.46. The number of pyridine rings is 3. The fraction of sp³-hybridized carbons (Fsp3) is 0.0821. The minimum absolute atomic E-state index is 0.0850. The van der Waals surface area contributed by atoms with Gasteiger partial charge in [-0.05, 0) is 275 Å². The van der Waals surface area contributed by atoms with Crippen molar-refractivity contribution in [1.82, 2.24) is 15.0 Å². The van der Waals surface area contributed by atoms with E-state index in [-0.39, 0.29) is 5.70 Å². The van der Waals surface area contributed by atoms with Gasteiger partial charge >= 0.3 is 15.1 Å². The van der Waals surface area contributed by atoms with Gasteiger partial charge in [-0.2, -0.15) is 0 Å². The van der Waals surface area contributed by atoms with Gasteiger partial charge in [0.25, 0.3) is 5.70 Å². The van der Waals surface area contributed by atoms with Crippen LogP contribution in [0.4, 0.5) is 39.8 Å². The molecule has 3 aliphatic heterocycles. The quantitative estimate of drug-likeness (QED) is 0.0269. The number of allylic oxidation sites excluding steroid dienone is 6. The first-order valence-electron chi connectivity index (χ1n) is 50.1. The third kappa shape index (κ3) is 19.5. The molecule has 706 valence electrons. The lowest BCUT2D eigenvalue weighted by Gasteiger charge is -2.37. The Morgan fingerprint density at radius 1 is 0.361 bits per heavy atom. The number of aromatic nitrogens is 3. The molecular formula is C134H103AlN8O4. The Balaban J connectivity index is 0.000000113. The third-order valence-electron chi connectivity index (χ3n) is 27.6. The van der Waals surface area contributed by atoms with E-state index < -0.39 is 15.1 Å². The van der Waals surface area contributed by atoms with E-state index in [0.717, 1.165) is 68.3 Å². The van der Waals surface area contributed by atoms with Gasteiger partial charge in [0.1, 0.15) is 45.3 Å². The summed E-state index contributed by atoms with van der Waals surface area (Å²) in [6.45, 7) is 19.9. The fourth-order valence-electron chi connectivity index (χ4n) is 20.9. The Morgan fingerprint density at radius 3 is 0.980 bits per heavy atom. The number of para-hydroxylation sites is 3. The van der Waals surface area contributed by atoms with Crippen LogP contribution in [-0.4, -0.2) is 43.2 Å². The second kappa shape index (κ2) is 42.5. The summed E-state index contributed by atoms with van der Waals surface area (Å²) in [6.07, 6.45) is 17.4. The molecule has 12 nitrogen and oxygen atoms in total. The maximum Gasteiger partial charge on any atom is 1.20 e. The number of fused-ring (bicyclic) bond motifs is 8. The summed E-state index contributed by atoms with van der Waals surface area (Å²) in [5, 5.41) is 24.5. The molecule has 0 spiro atoms. The summed E-state index contributed by atoms with van der Waals surface area (Å²) in [5.74, 6) is 3.15. The van der Waals surface area contributed by atoms with Crippen LogP contribution >= 0.6 is 0 Å². The molecule has 0 saturated carbocycles. The predicted octanol–water partition coefficient (Wildman–Crippen LogP) is 34.7. The Morgan fingerprint density at radius 2 is 0.667 bits per heavy atom. The molecule has 25 rings (SSSR count). The molecule has 0 fully saturated rings. The number of nitrogens with zero attached hydrogens (tertiary/aromatic N) is 8. The van der Waals surface area contributed by atoms with E-state index in [4.69, 9.17) is 27.9 Å². The van der Waals surface area contributed by atoms with Crippen molar-refractivity contribution >= 4 is 148 Å². The second-order valence-electron chi connectivity index (χ2n) is 37.4. The van der Waals surface area contributed by atoms with Crippen molar-refractivity contribution in [2.75, 3.05) is 27.8 Å². The number of benzene rings is 19.